The normalized spacial score (nSPS) is 39.5. The molecule has 0 amide bonds. The Morgan fingerprint density at radius 1 is 1.00 bits per heavy atom. The van der Waals surface area contributed by atoms with Gasteiger partial charge < -0.3 is 5.11 Å². The molecule has 1 rings (SSSR count). The third kappa shape index (κ3) is 3.24. The van der Waals surface area contributed by atoms with E-state index in [1.54, 1.807) is 0 Å². The van der Waals surface area contributed by atoms with E-state index in [2.05, 4.69) is 28.6 Å². The summed E-state index contributed by atoms with van der Waals surface area (Å²) in [7, 11) is 2.42. The van der Waals surface area contributed by atoms with Crippen LogP contribution in [-0.2, 0) is 0 Å². The largest absolute Gasteiger partial charge is 0.390 e. The first-order valence-corrected chi connectivity index (χ1v) is 6.39. The fourth-order valence-corrected chi connectivity index (χ4v) is 2.72. The molecule has 1 aliphatic carbocycles. The van der Waals surface area contributed by atoms with Gasteiger partial charge in [0.25, 0.3) is 0 Å². The molecule has 0 spiro atoms. The predicted molar refractivity (Wildman–Crippen MR) is 69.0 cm³/mol. The molecule has 15 heavy (non-hydrogen) atoms. The summed E-state index contributed by atoms with van der Waals surface area (Å²) in [5, 5.41) is 10.5. The molecule has 0 atom stereocenters. The van der Waals surface area contributed by atoms with Crippen LogP contribution >= 0.6 is 0 Å². The summed E-state index contributed by atoms with van der Waals surface area (Å²) in [6.45, 7) is 9.05. The first-order chi connectivity index (χ1) is 6.66. The van der Waals surface area contributed by atoms with Gasteiger partial charge in [-0.05, 0) is 25.2 Å². The van der Waals surface area contributed by atoms with Crippen molar-refractivity contribution in [1.29, 1.82) is 0 Å². The van der Waals surface area contributed by atoms with Crippen LogP contribution in [0, 0.1) is 5.41 Å². The molecule has 1 nitrogen and oxygen atoms in total. The summed E-state index contributed by atoms with van der Waals surface area (Å²) >= 11 is 0. The Kier molecular flexibility index (Phi) is 3.60. The highest BCUT2D eigenvalue weighted by atomic mass is 16.3. The number of hydrogen-bond donors (Lipinski definition) is 1. The van der Waals surface area contributed by atoms with E-state index in [-0.39, 0.29) is 0 Å². The van der Waals surface area contributed by atoms with Gasteiger partial charge in [0.2, 0.25) is 0 Å². The van der Waals surface area contributed by atoms with Crippen molar-refractivity contribution in [3.63, 3.8) is 0 Å². The fourth-order valence-electron chi connectivity index (χ4n) is 2.72. The van der Waals surface area contributed by atoms with E-state index in [0.29, 0.717) is 10.7 Å². The molecule has 2 heteroatoms. The zero-order valence-electron chi connectivity index (χ0n) is 11.2. The van der Waals surface area contributed by atoms with Crippen LogP contribution in [0.4, 0.5) is 0 Å². The third-order valence-corrected chi connectivity index (χ3v) is 4.70. The Balaban J connectivity index is 2.67. The van der Waals surface area contributed by atoms with Gasteiger partial charge in [-0.2, -0.15) is 0 Å². The van der Waals surface area contributed by atoms with E-state index in [4.69, 9.17) is 0 Å². The molecule has 1 N–H and O–H groups in total. The van der Waals surface area contributed by atoms with Crippen LogP contribution in [-0.4, -0.2) is 18.6 Å². The molecule has 88 valence electrons. The summed E-state index contributed by atoms with van der Waals surface area (Å²) < 4.78 is 0. The lowest BCUT2D eigenvalue weighted by Crippen LogP contribution is -2.34. The number of aliphatic hydroxyl groups is 1. The van der Waals surface area contributed by atoms with Gasteiger partial charge in [0, 0.05) is 0 Å². The molecule has 0 saturated heterocycles. The summed E-state index contributed by atoms with van der Waals surface area (Å²) in [5.41, 5.74) is -0.0184. The van der Waals surface area contributed by atoms with Gasteiger partial charge in [0.1, 0.15) is 7.85 Å². The molecule has 0 bridgehead atoms. The molecule has 0 aliphatic heterocycles. The van der Waals surface area contributed by atoms with E-state index < -0.39 is 5.60 Å². The van der Waals surface area contributed by atoms with Crippen molar-refractivity contribution < 1.29 is 5.11 Å². The summed E-state index contributed by atoms with van der Waals surface area (Å²) in [5.74, 6) is 0. The lowest BCUT2D eigenvalue weighted by atomic mass is 9.49. The topological polar surface area (TPSA) is 20.2 Å². The van der Waals surface area contributed by atoms with Crippen molar-refractivity contribution in [3.05, 3.63) is 0 Å². The predicted octanol–water partition coefficient (Wildman–Crippen LogP) is 2.93. The molecule has 0 aromatic rings. The van der Waals surface area contributed by atoms with Crippen molar-refractivity contribution in [2.45, 2.75) is 77.1 Å². The van der Waals surface area contributed by atoms with Crippen molar-refractivity contribution in [3.8, 4) is 0 Å². The quantitative estimate of drug-likeness (QED) is 0.609. The smallest absolute Gasteiger partial charge is 0.110 e. The third-order valence-electron chi connectivity index (χ3n) is 4.70. The van der Waals surface area contributed by atoms with Gasteiger partial charge >= 0.3 is 0 Å². The second-order valence-corrected chi connectivity index (χ2v) is 7.01. The van der Waals surface area contributed by atoms with Crippen LogP contribution in [0.3, 0.4) is 0 Å². The molecule has 1 fully saturated rings. The SMILES string of the molecule is BC1(C(C)(C)C)CCCC(C)(O)CCC1. The zero-order valence-corrected chi connectivity index (χ0v) is 11.2. The highest BCUT2D eigenvalue weighted by Crippen LogP contribution is 2.52. The zero-order chi connectivity index (χ0) is 11.7. The summed E-state index contributed by atoms with van der Waals surface area (Å²) in [6.07, 6.45) is 6.79. The van der Waals surface area contributed by atoms with Crippen molar-refractivity contribution in [2.75, 3.05) is 0 Å². The average molecular weight is 210 g/mol. The minimum atomic E-state index is -0.404. The van der Waals surface area contributed by atoms with Crippen LogP contribution in [0.5, 0.6) is 0 Å². The van der Waals surface area contributed by atoms with Gasteiger partial charge in [0.05, 0.1) is 5.60 Å². The molecule has 0 aromatic carbocycles. The van der Waals surface area contributed by atoms with Gasteiger partial charge in [-0.25, -0.2) is 0 Å². The van der Waals surface area contributed by atoms with Crippen LogP contribution in [0.1, 0.15) is 66.2 Å². The van der Waals surface area contributed by atoms with Crippen molar-refractivity contribution in [2.24, 2.45) is 5.41 Å². The van der Waals surface area contributed by atoms with Crippen LogP contribution in [0.2, 0.25) is 5.31 Å². The maximum atomic E-state index is 10.1. The first kappa shape index (κ1) is 13.1. The standard InChI is InChI=1S/C13H27BO/c1-11(2,3)13(14)9-5-7-12(4,15)8-6-10-13/h15H,5-10,14H2,1-4H3. The molecular formula is C13H27BO. The lowest BCUT2D eigenvalue weighted by Gasteiger charge is -2.45. The fraction of sp³-hybridized carbons (Fsp3) is 1.00. The van der Waals surface area contributed by atoms with Crippen molar-refractivity contribution in [1.82, 2.24) is 0 Å². The number of rotatable bonds is 0. The molecule has 0 unspecified atom stereocenters. The molecule has 1 aliphatic rings. The molecule has 0 radical (unpaired) electrons. The van der Waals surface area contributed by atoms with Crippen molar-refractivity contribution >= 4 is 7.85 Å². The highest BCUT2D eigenvalue weighted by Gasteiger charge is 2.38. The monoisotopic (exact) mass is 210 g/mol. The minimum absolute atomic E-state index is 0.385. The van der Waals surface area contributed by atoms with Crippen LogP contribution < -0.4 is 0 Å². The molecule has 1 saturated carbocycles. The molecular weight excluding hydrogens is 183 g/mol. The van der Waals surface area contributed by atoms with E-state index in [1.807, 2.05) is 6.92 Å². The van der Waals surface area contributed by atoms with E-state index in [0.717, 1.165) is 12.8 Å². The number of hydrogen-bond acceptors (Lipinski definition) is 1. The Morgan fingerprint density at radius 3 is 1.73 bits per heavy atom. The summed E-state index contributed by atoms with van der Waals surface area (Å²) in [6, 6.07) is 0. The minimum Gasteiger partial charge on any atom is -0.390 e. The van der Waals surface area contributed by atoms with Gasteiger partial charge in [-0.1, -0.05) is 51.8 Å². The van der Waals surface area contributed by atoms with E-state index in [9.17, 15) is 5.11 Å². The Morgan fingerprint density at radius 2 is 1.40 bits per heavy atom. The molecule has 0 heterocycles. The van der Waals surface area contributed by atoms with Crippen LogP contribution in [0.25, 0.3) is 0 Å². The van der Waals surface area contributed by atoms with Gasteiger partial charge in [-0.15, -0.1) is 0 Å². The molecule has 0 aromatic heterocycles. The maximum Gasteiger partial charge on any atom is 0.110 e. The Labute approximate surface area is 96.1 Å². The van der Waals surface area contributed by atoms with Gasteiger partial charge in [-0.3, -0.25) is 0 Å². The maximum absolute atomic E-state index is 10.1. The Hall–Kier alpha value is 0.0249. The second-order valence-electron chi connectivity index (χ2n) is 7.01. The second kappa shape index (κ2) is 4.12. The van der Waals surface area contributed by atoms with Gasteiger partial charge in [0.15, 0.2) is 0 Å². The average Bonchev–Trinajstić information content (AvgIpc) is 1.98. The highest BCUT2D eigenvalue weighted by molar-refractivity contribution is 6.15. The summed E-state index contributed by atoms with van der Waals surface area (Å²) in [4.78, 5) is 0. The van der Waals surface area contributed by atoms with Crippen LogP contribution in [0.15, 0.2) is 0 Å². The van der Waals surface area contributed by atoms with E-state index in [1.165, 1.54) is 25.7 Å². The van der Waals surface area contributed by atoms with E-state index >= 15 is 0 Å². The Bertz CT molecular complexity index is 203. The lowest BCUT2D eigenvalue weighted by molar-refractivity contribution is 0.0238. The first-order valence-electron chi connectivity index (χ1n) is 6.39.